The molecule has 0 aliphatic rings. The predicted molar refractivity (Wildman–Crippen MR) is 66.8 cm³/mol. The minimum atomic E-state index is -1.07. The lowest BCUT2D eigenvalue weighted by molar-refractivity contribution is -0.138. The second-order valence-electron chi connectivity index (χ2n) is 4.22. The number of amides is 1. The van der Waals surface area contributed by atoms with E-state index in [1.165, 1.54) is 6.92 Å². The molecule has 1 aromatic carbocycles. The Morgan fingerprint density at radius 3 is 2.17 bits per heavy atom. The zero-order valence-corrected chi connectivity index (χ0v) is 10.6. The van der Waals surface area contributed by atoms with E-state index in [-0.39, 0.29) is 6.10 Å². The molecule has 0 aliphatic carbocycles. The number of ether oxygens (including phenoxy) is 1. The summed E-state index contributed by atoms with van der Waals surface area (Å²) in [5, 5.41) is 11.1. The number of nitrogens with one attached hydrogen (secondary N) is 1. The molecular formula is C13H17NO4. The maximum absolute atomic E-state index is 11.7. The average Bonchev–Trinajstić information content (AvgIpc) is 2.28. The van der Waals surface area contributed by atoms with Gasteiger partial charge >= 0.3 is 5.97 Å². The highest BCUT2D eigenvalue weighted by molar-refractivity contribution is 5.96. The molecule has 0 fully saturated rings. The zero-order chi connectivity index (χ0) is 13.7. The first kappa shape index (κ1) is 14.0. The lowest BCUT2D eigenvalue weighted by Gasteiger charge is -2.11. The number of carboxylic acids is 1. The first-order valence-electron chi connectivity index (χ1n) is 5.70. The molecule has 0 unspecified atom stereocenters. The Labute approximate surface area is 106 Å². The molecule has 0 saturated carbocycles. The Kier molecular flexibility index (Phi) is 4.71. The number of carbonyl (C=O) groups excluding carboxylic acids is 1. The Morgan fingerprint density at radius 2 is 1.72 bits per heavy atom. The number of aliphatic carboxylic acids is 1. The molecule has 0 radical (unpaired) electrons. The summed E-state index contributed by atoms with van der Waals surface area (Å²) in [4.78, 5) is 22.3. The van der Waals surface area contributed by atoms with Gasteiger partial charge in [0.05, 0.1) is 6.10 Å². The minimum absolute atomic E-state index is 0.0664. The molecule has 1 atom stereocenters. The fourth-order valence-corrected chi connectivity index (χ4v) is 1.30. The molecule has 0 heterocycles. The molecule has 18 heavy (non-hydrogen) atoms. The normalized spacial score (nSPS) is 12.0. The molecular weight excluding hydrogens is 234 g/mol. The summed E-state index contributed by atoms with van der Waals surface area (Å²) in [7, 11) is 0. The van der Waals surface area contributed by atoms with Crippen molar-refractivity contribution < 1.29 is 19.4 Å². The second kappa shape index (κ2) is 6.05. The third-order valence-corrected chi connectivity index (χ3v) is 2.21. The van der Waals surface area contributed by atoms with Crippen molar-refractivity contribution in [1.29, 1.82) is 0 Å². The second-order valence-corrected chi connectivity index (χ2v) is 4.22. The Balaban J connectivity index is 2.67. The van der Waals surface area contributed by atoms with E-state index >= 15 is 0 Å². The Morgan fingerprint density at radius 1 is 1.17 bits per heavy atom. The number of carbonyl (C=O) groups is 2. The molecule has 0 aliphatic heterocycles. The third-order valence-electron chi connectivity index (χ3n) is 2.21. The molecule has 0 aromatic heterocycles. The quantitative estimate of drug-likeness (QED) is 0.834. The van der Waals surface area contributed by atoms with Crippen molar-refractivity contribution in [3.05, 3.63) is 29.8 Å². The van der Waals surface area contributed by atoms with Crippen LogP contribution in [0.25, 0.3) is 0 Å². The van der Waals surface area contributed by atoms with E-state index in [2.05, 4.69) is 5.32 Å². The van der Waals surface area contributed by atoms with E-state index in [9.17, 15) is 9.59 Å². The topological polar surface area (TPSA) is 75.6 Å². The summed E-state index contributed by atoms with van der Waals surface area (Å²) in [6.45, 7) is 5.24. The number of carboxylic acid groups (broad SMARTS) is 1. The van der Waals surface area contributed by atoms with Crippen molar-refractivity contribution in [3.63, 3.8) is 0 Å². The van der Waals surface area contributed by atoms with Gasteiger partial charge in [0.2, 0.25) is 0 Å². The van der Waals surface area contributed by atoms with Gasteiger partial charge < -0.3 is 15.2 Å². The van der Waals surface area contributed by atoms with Gasteiger partial charge in [-0.25, -0.2) is 0 Å². The van der Waals surface area contributed by atoms with Gasteiger partial charge in [0.1, 0.15) is 11.8 Å². The highest BCUT2D eigenvalue weighted by Crippen LogP contribution is 2.13. The lowest BCUT2D eigenvalue weighted by Crippen LogP contribution is -2.38. The number of rotatable bonds is 5. The maximum atomic E-state index is 11.7. The van der Waals surface area contributed by atoms with Crippen LogP contribution in [0.3, 0.4) is 0 Å². The van der Waals surface area contributed by atoms with Crippen LogP contribution in [0.1, 0.15) is 31.1 Å². The van der Waals surface area contributed by atoms with Gasteiger partial charge in [0, 0.05) is 5.56 Å². The molecule has 1 aromatic rings. The summed E-state index contributed by atoms with van der Waals surface area (Å²) in [6.07, 6.45) is 0.0664. The van der Waals surface area contributed by atoms with Crippen LogP contribution in [-0.4, -0.2) is 29.1 Å². The van der Waals surface area contributed by atoms with Crippen LogP contribution < -0.4 is 10.1 Å². The van der Waals surface area contributed by atoms with E-state index in [0.29, 0.717) is 11.3 Å². The molecule has 0 saturated heterocycles. The van der Waals surface area contributed by atoms with Crippen LogP contribution in [0.15, 0.2) is 24.3 Å². The van der Waals surface area contributed by atoms with Gasteiger partial charge in [-0.15, -0.1) is 0 Å². The molecule has 1 rings (SSSR count). The molecule has 98 valence electrons. The monoisotopic (exact) mass is 251 g/mol. The zero-order valence-electron chi connectivity index (χ0n) is 10.6. The van der Waals surface area contributed by atoms with E-state index in [4.69, 9.17) is 9.84 Å². The standard InChI is InChI=1S/C13H17NO4/c1-8(2)18-11-6-4-10(5-7-11)12(15)14-9(3)13(16)17/h4-9H,1-3H3,(H,14,15)(H,16,17)/t9-/m1/s1. The largest absolute Gasteiger partial charge is 0.491 e. The molecule has 5 nitrogen and oxygen atoms in total. The molecule has 5 heteroatoms. The average molecular weight is 251 g/mol. The molecule has 2 N–H and O–H groups in total. The summed E-state index contributed by atoms with van der Waals surface area (Å²) in [5.74, 6) is -0.808. The first-order valence-corrected chi connectivity index (χ1v) is 5.70. The van der Waals surface area contributed by atoms with Gasteiger partial charge in [-0.05, 0) is 45.0 Å². The predicted octanol–water partition coefficient (Wildman–Crippen LogP) is 1.68. The summed E-state index contributed by atoms with van der Waals surface area (Å²) < 4.78 is 5.44. The van der Waals surface area contributed by atoms with Crippen LogP contribution in [0.2, 0.25) is 0 Å². The summed E-state index contributed by atoms with van der Waals surface area (Å²) in [5.41, 5.74) is 0.402. The number of benzene rings is 1. The third kappa shape index (κ3) is 4.08. The SMILES string of the molecule is CC(C)Oc1ccc(C(=O)N[C@H](C)C(=O)O)cc1. The van der Waals surface area contributed by atoms with Crippen LogP contribution in [-0.2, 0) is 4.79 Å². The van der Waals surface area contributed by atoms with E-state index < -0.39 is 17.9 Å². The highest BCUT2D eigenvalue weighted by atomic mass is 16.5. The van der Waals surface area contributed by atoms with Crippen LogP contribution >= 0.6 is 0 Å². The van der Waals surface area contributed by atoms with Gasteiger partial charge in [-0.2, -0.15) is 0 Å². The van der Waals surface area contributed by atoms with Gasteiger partial charge in [0.15, 0.2) is 0 Å². The molecule has 0 bridgehead atoms. The van der Waals surface area contributed by atoms with Gasteiger partial charge in [0.25, 0.3) is 5.91 Å². The van der Waals surface area contributed by atoms with E-state index in [0.717, 1.165) is 0 Å². The summed E-state index contributed by atoms with van der Waals surface area (Å²) in [6, 6.07) is 5.65. The summed E-state index contributed by atoms with van der Waals surface area (Å²) >= 11 is 0. The van der Waals surface area contributed by atoms with Gasteiger partial charge in [-0.3, -0.25) is 9.59 Å². The molecule has 0 spiro atoms. The van der Waals surface area contributed by atoms with E-state index in [1.54, 1.807) is 24.3 Å². The maximum Gasteiger partial charge on any atom is 0.325 e. The Bertz CT molecular complexity index is 425. The van der Waals surface area contributed by atoms with Crippen LogP contribution in [0.4, 0.5) is 0 Å². The van der Waals surface area contributed by atoms with Gasteiger partial charge in [-0.1, -0.05) is 0 Å². The minimum Gasteiger partial charge on any atom is -0.491 e. The number of hydrogen-bond acceptors (Lipinski definition) is 3. The van der Waals surface area contributed by atoms with E-state index in [1.807, 2.05) is 13.8 Å². The first-order chi connectivity index (χ1) is 8.40. The smallest absolute Gasteiger partial charge is 0.325 e. The van der Waals surface area contributed by atoms with Crippen molar-refractivity contribution in [2.24, 2.45) is 0 Å². The van der Waals surface area contributed by atoms with Crippen LogP contribution in [0, 0.1) is 0 Å². The Hall–Kier alpha value is -2.04. The highest BCUT2D eigenvalue weighted by Gasteiger charge is 2.15. The lowest BCUT2D eigenvalue weighted by atomic mass is 10.2. The fraction of sp³-hybridized carbons (Fsp3) is 0.385. The van der Waals surface area contributed by atoms with Crippen molar-refractivity contribution in [2.45, 2.75) is 32.9 Å². The van der Waals surface area contributed by atoms with Crippen molar-refractivity contribution >= 4 is 11.9 Å². The van der Waals surface area contributed by atoms with Crippen molar-refractivity contribution in [1.82, 2.24) is 5.32 Å². The fourth-order valence-electron chi connectivity index (χ4n) is 1.30. The number of hydrogen-bond donors (Lipinski definition) is 2. The molecule has 1 amide bonds. The van der Waals surface area contributed by atoms with Crippen LogP contribution in [0.5, 0.6) is 5.75 Å². The van der Waals surface area contributed by atoms with Crippen molar-refractivity contribution in [2.75, 3.05) is 0 Å². The van der Waals surface area contributed by atoms with Crippen molar-refractivity contribution in [3.8, 4) is 5.75 Å².